The summed E-state index contributed by atoms with van der Waals surface area (Å²) < 4.78 is 24.0. The van der Waals surface area contributed by atoms with Crippen LogP contribution in [0.4, 0.5) is 4.39 Å². The first-order chi connectivity index (χ1) is 15.9. The van der Waals surface area contributed by atoms with Gasteiger partial charge in [0, 0.05) is 12.1 Å². The van der Waals surface area contributed by atoms with Gasteiger partial charge in [0.05, 0.1) is 11.6 Å². The molecule has 0 radical (unpaired) electrons. The van der Waals surface area contributed by atoms with Crippen molar-refractivity contribution in [2.24, 2.45) is 0 Å². The highest BCUT2D eigenvalue weighted by atomic mass is 19.1. The number of aliphatic hydroxyl groups is 1. The number of rotatable bonds is 4. The van der Waals surface area contributed by atoms with Crippen molar-refractivity contribution in [2.75, 3.05) is 6.79 Å². The van der Waals surface area contributed by atoms with Gasteiger partial charge in [-0.25, -0.2) is 4.39 Å². The number of hydrogen-bond acceptors (Lipinski definition) is 6. The molecule has 3 aromatic carbocycles. The second kappa shape index (κ2) is 7.98. The minimum absolute atomic E-state index is 0.0185. The van der Waals surface area contributed by atoms with Crippen LogP contribution in [-0.2, 0) is 16.1 Å². The van der Waals surface area contributed by atoms with Gasteiger partial charge in [0.1, 0.15) is 17.3 Å². The summed E-state index contributed by atoms with van der Waals surface area (Å²) >= 11 is 0. The summed E-state index contributed by atoms with van der Waals surface area (Å²) in [6.45, 7) is 0.0729. The fourth-order valence-electron chi connectivity index (χ4n) is 4.03. The first-order valence-corrected chi connectivity index (χ1v) is 10.1. The molecule has 1 saturated heterocycles. The lowest BCUT2D eigenvalue weighted by Crippen LogP contribution is -2.29. The molecule has 1 atom stereocenters. The third-order valence-electron chi connectivity index (χ3n) is 5.66. The molecule has 0 spiro atoms. The molecule has 5 rings (SSSR count). The van der Waals surface area contributed by atoms with Crippen molar-refractivity contribution in [3.05, 3.63) is 94.8 Å². The molecular weight excluding hydrogens is 429 g/mol. The van der Waals surface area contributed by atoms with Crippen molar-refractivity contribution in [1.82, 2.24) is 4.90 Å². The SMILES string of the molecule is O=C1C(=O)N(Cc2ccc(F)cc2)C(c2ccc(O)cc2)/C1=C(/O)c1ccc2c(c1)OCO2. The summed E-state index contributed by atoms with van der Waals surface area (Å²) in [4.78, 5) is 27.4. The lowest BCUT2D eigenvalue weighted by atomic mass is 9.95. The highest BCUT2D eigenvalue weighted by Gasteiger charge is 2.46. The van der Waals surface area contributed by atoms with Gasteiger partial charge in [0.2, 0.25) is 6.79 Å². The summed E-state index contributed by atoms with van der Waals surface area (Å²) in [6.07, 6.45) is 0. The predicted octanol–water partition coefficient (Wildman–Crippen LogP) is 3.88. The fourth-order valence-corrected chi connectivity index (χ4v) is 4.03. The third-order valence-corrected chi connectivity index (χ3v) is 5.66. The first-order valence-electron chi connectivity index (χ1n) is 10.1. The number of nitrogens with zero attached hydrogens (tertiary/aromatic N) is 1. The van der Waals surface area contributed by atoms with Crippen molar-refractivity contribution in [2.45, 2.75) is 12.6 Å². The van der Waals surface area contributed by atoms with Gasteiger partial charge in [0.15, 0.2) is 11.5 Å². The Hall–Kier alpha value is -4.33. The van der Waals surface area contributed by atoms with Gasteiger partial charge in [-0.1, -0.05) is 24.3 Å². The van der Waals surface area contributed by atoms with Crippen LogP contribution in [0.5, 0.6) is 17.2 Å². The number of ketones is 1. The number of aromatic hydroxyl groups is 1. The smallest absolute Gasteiger partial charge is 0.295 e. The molecule has 1 fully saturated rings. The highest BCUT2D eigenvalue weighted by Crippen LogP contribution is 2.42. The maximum Gasteiger partial charge on any atom is 0.295 e. The number of phenols is 1. The molecule has 3 aromatic rings. The zero-order valence-electron chi connectivity index (χ0n) is 17.2. The van der Waals surface area contributed by atoms with E-state index in [2.05, 4.69) is 0 Å². The van der Waals surface area contributed by atoms with Gasteiger partial charge >= 0.3 is 0 Å². The second-order valence-corrected chi connectivity index (χ2v) is 7.71. The number of ether oxygens (including phenoxy) is 2. The Morgan fingerprint density at radius 3 is 2.39 bits per heavy atom. The average Bonchev–Trinajstić information content (AvgIpc) is 3.38. The van der Waals surface area contributed by atoms with E-state index in [-0.39, 0.29) is 30.4 Å². The lowest BCUT2D eigenvalue weighted by molar-refractivity contribution is -0.140. The van der Waals surface area contributed by atoms with Crippen LogP contribution in [0.3, 0.4) is 0 Å². The van der Waals surface area contributed by atoms with E-state index in [9.17, 15) is 24.2 Å². The number of halogens is 1. The molecule has 0 aliphatic carbocycles. The number of phenolic OH excluding ortho intramolecular Hbond substituents is 1. The highest BCUT2D eigenvalue weighted by molar-refractivity contribution is 6.46. The van der Waals surface area contributed by atoms with E-state index in [1.54, 1.807) is 30.3 Å². The molecule has 8 heteroatoms. The number of carbonyl (C=O) groups is 2. The summed E-state index contributed by atoms with van der Waals surface area (Å²) in [5.74, 6) is -1.46. The summed E-state index contributed by atoms with van der Waals surface area (Å²) in [7, 11) is 0. The minimum Gasteiger partial charge on any atom is -0.508 e. The molecule has 1 unspecified atom stereocenters. The number of carbonyl (C=O) groups excluding carboxylic acids is 2. The first kappa shape index (κ1) is 20.6. The molecule has 166 valence electrons. The van der Waals surface area contributed by atoms with E-state index in [0.717, 1.165) is 0 Å². The Morgan fingerprint density at radius 2 is 1.67 bits per heavy atom. The van der Waals surface area contributed by atoms with Crippen LogP contribution in [0.2, 0.25) is 0 Å². The molecule has 2 heterocycles. The van der Waals surface area contributed by atoms with Gasteiger partial charge in [0.25, 0.3) is 11.7 Å². The van der Waals surface area contributed by atoms with Gasteiger partial charge in [-0.2, -0.15) is 0 Å². The number of fused-ring (bicyclic) bond motifs is 1. The largest absolute Gasteiger partial charge is 0.508 e. The number of amides is 1. The minimum atomic E-state index is -0.916. The molecule has 2 N–H and O–H groups in total. The van der Waals surface area contributed by atoms with Gasteiger partial charge in [-0.05, 0) is 53.6 Å². The molecule has 1 amide bonds. The zero-order chi connectivity index (χ0) is 23.1. The van der Waals surface area contributed by atoms with Gasteiger partial charge in [-0.3, -0.25) is 9.59 Å². The molecule has 0 bridgehead atoms. The summed E-state index contributed by atoms with van der Waals surface area (Å²) in [6, 6.07) is 15.4. The van der Waals surface area contributed by atoms with E-state index in [4.69, 9.17) is 9.47 Å². The normalized spacial score (nSPS) is 18.7. The predicted molar refractivity (Wildman–Crippen MR) is 115 cm³/mol. The van der Waals surface area contributed by atoms with Crippen molar-refractivity contribution >= 4 is 17.4 Å². The van der Waals surface area contributed by atoms with Crippen molar-refractivity contribution in [3.8, 4) is 17.2 Å². The van der Waals surface area contributed by atoms with Crippen molar-refractivity contribution in [3.63, 3.8) is 0 Å². The van der Waals surface area contributed by atoms with Crippen LogP contribution >= 0.6 is 0 Å². The van der Waals surface area contributed by atoms with Crippen molar-refractivity contribution in [1.29, 1.82) is 0 Å². The van der Waals surface area contributed by atoms with Gasteiger partial charge < -0.3 is 24.6 Å². The number of likely N-dealkylation sites (tertiary alicyclic amines) is 1. The lowest BCUT2D eigenvalue weighted by Gasteiger charge is -2.25. The van der Waals surface area contributed by atoms with Crippen LogP contribution in [0.25, 0.3) is 5.76 Å². The Balaban J connectivity index is 1.62. The molecular formula is C25H18FNO6. The maximum atomic E-state index is 13.4. The molecule has 2 aliphatic heterocycles. The van der Waals surface area contributed by atoms with Crippen LogP contribution in [0, 0.1) is 5.82 Å². The van der Waals surface area contributed by atoms with E-state index < -0.39 is 23.5 Å². The Labute approximate surface area is 187 Å². The van der Waals surface area contributed by atoms with Crippen LogP contribution in [0.1, 0.15) is 22.7 Å². The molecule has 2 aliphatic rings. The van der Waals surface area contributed by atoms with E-state index in [1.807, 2.05) is 0 Å². The standard InChI is InChI=1S/C25H18FNO6/c26-17-6-1-14(2-7-17)12-27-22(15-3-8-18(28)9-4-15)21(24(30)25(27)31)23(29)16-5-10-19-20(11-16)33-13-32-19/h1-11,22,28-29H,12-13H2/b23-21-. The zero-order valence-corrected chi connectivity index (χ0v) is 17.2. The number of benzene rings is 3. The Kier molecular flexibility index (Phi) is 4.97. The van der Waals surface area contributed by atoms with Gasteiger partial charge in [-0.15, -0.1) is 0 Å². The fraction of sp³-hybridized carbons (Fsp3) is 0.120. The quantitative estimate of drug-likeness (QED) is 0.358. The topological polar surface area (TPSA) is 96.3 Å². The molecule has 0 saturated carbocycles. The second-order valence-electron chi connectivity index (χ2n) is 7.71. The van der Waals surface area contributed by atoms with Crippen LogP contribution in [0.15, 0.2) is 72.3 Å². The van der Waals surface area contributed by atoms with E-state index >= 15 is 0 Å². The summed E-state index contributed by atoms with van der Waals surface area (Å²) in [5, 5.41) is 20.8. The maximum absolute atomic E-state index is 13.4. The Morgan fingerprint density at radius 1 is 0.970 bits per heavy atom. The van der Waals surface area contributed by atoms with Crippen LogP contribution in [-0.4, -0.2) is 33.6 Å². The molecule has 0 aromatic heterocycles. The molecule has 33 heavy (non-hydrogen) atoms. The van der Waals surface area contributed by atoms with Crippen LogP contribution < -0.4 is 9.47 Å². The summed E-state index contributed by atoms with van der Waals surface area (Å²) in [5.41, 5.74) is 1.34. The number of hydrogen-bond donors (Lipinski definition) is 2. The third kappa shape index (κ3) is 3.65. The molecule has 7 nitrogen and oxygen atoms in total. The Bertz CT molecular complexity index is 1280. The van der Waals surface area contributed by atoms with E-state index in [1.165, 1.54) is 41.3 Å². The van der Waals surface area contributed by atoms with Crippen molar-refractivity contribution < 1.29 is 33.7 Å². The number of aliphatic hydroxyl groups excluding tert-OH is 1. The average molecular weight is 447 g/mol. The number of Topliss-reactive ketones (excluding diaryl/α,β-unsaturated/α-hetero) is 1. The monoisotopic (exact) mass is 447 g/mol. The van der Waals surface area contributed by atoms with E-state index in [0.29, 0.717) is 28.2 Å².